The first kappa shape index (κ1) is 29.7. The minimum Gasteiger partial charge on any atom is -0.444 e. The Labute approximate surface area is 240 Å². The zero-order valence-corrected chi connectivity index (χ0v) is 24.5. The van der Waals surface area contributed by atoms with E-state index in [2.05, 4.69) is 41.4 Å². The first-order valence-electron chi connectivity index (χ1n) is 13.7. The van der Waals surface area contributed by atoms with Gasteiger partial charge in [-0.25, -0.2) is 14.2 Å². The topological polar surface area (TPSA) is 109 Å². The van der Waals surface area contributed by atoms with Crippen LogP contribution in [0.2, 0.25) is 0 Å². The Kier molecular flexibility index (Phi) is 8.75. The average Bonchev–Trinajstić information content (AvgIpc) is 3.20. The summed E-state index contributed by atoms with van der Waals surface area (Å²) in [6, 6.07) is 13.5. The third-order valence-electron chi connectivity index (χ3n) is 6.28. The van der Waals surface area contributed by atoms with E-state index in [4.69, 9.17) is 9.72 Å². The normalized spacial score (nSPS) is 12.7. The number of anilines is 1. The molecule has 0 aliphatic rings. The molecule has 0 saturated carbocycles. The molecule has 0 spiro atoms. The summed E-state index contributed by atoms with van der Waals surface area (Å²) in [5.74, 6) is -0.160. The van der Waals surface area contributed by atoms with Crippen molar-refractivity contribution >= 4 is 28.9 Å². The molecule has 4 aromatic rings. The Morgan fingerprint density at radius 3 is 2.29 bits per heavy atom. The van der Waals surface area contributed by atoms with Crippen LogP contribution in [0.15, 0.2) is 60.9 Å². The molecular weight excluding hydrogens is 521 g/mol. The Balaban J connectivity index is 1.57. The number of rotatable bonds is 8. The van der Waals surface area contributed by atoms with E-state index in [1.54, 1.807) is 51.4 Å². The number of aromatic amines is 1. The molecular formula is C32H38FN5O3. The van der Waals surface area contributed by atoms with Gasteiger partial charge in [-0.2, -0.15) is 0 Å². The van der Waals surface area contributed by atoms with Crippen molar-refractivity contribution in [3.05, 3.63) is 78.0 Å². The number of nitrogens with one attached hydrogen (secondary N) is 3. The van der Waals surface area contributed by atoms with Crippen LogP contribution in [0.25, 0.3) is 22.2 Å². The van der Waals surface area contributed by atoms with Gasteiger partial charge >= 0.3 is 6.09 Å². The number of fused-ring (bicyclic) bond motifs is 1. The van der Waals surface area contributed by atoms with Gasteiger partial charge in [0.15, 0.2) is 0 Å². The van der Waals surface area contributed by atoms with Crippen LogP contribution >= 0.6 is 0 Å². The van der Waals surface area contributed by atoms with Crippen LogP contribution in [0.3, 0.4) is 0 Å². The molecule has 8 nitrogen and oxygen atoms in total. The standard InChI is InChI=1S/C32H38FN5O3/c1-31(2,3)19-23(35-30(40)41-32(4,5)6)18-27(39)37-26-12-11-24-28(21-13-15-34-16-14-21)25(36-29(24)38-26)17-20-7-9-22(33)10-8-20/h7-16,23H,17-19H2,1-6H3,(H,35,40)(H2,36,37,38,39)/t23-/m1/s1. The van der Waals surface area contributed by atoms with E-state index in [0.717, 1.165) is 27.8 Å². The summed E-state index contributed by atoms with van der Waals surface area (Å²) < 4.78 is 18.9. The van der Waals surface area contributed by atoms with Crippen LogP contribution in [0.4, 0.5) is 15.0 Å². The Hall–Kier alpha value is -4.27. The second-order valence-electron chi connectivity index (χ2n) is 12.5. The fraction of sp³-hybridized carbons (Fsp3) is 0.375. The number of carbonyl (C=O) groups is 2. The number of alkyl carbamates (subject to hydrolysis) is 1. The van der Waals surface area contributed by atoms with Crippen LogP contribution in [0.1, 0.15) is 65.6 Å². The molecule has 3 heterocycles. The maximum Gasteiger partial charge on any atom is 0.407 e. The fourth-order valence-electron chi connectivity index (χ4n) is 4.79. The third-order valence-corrected chi connectivity index (χ3v) is 6.28. The molecule has 1 aromatic carbocycles. The zero-order valence-electron chi connectivity index (χ0n) is 24.5. The van der Waals surface area contributed by atoms with Crippen molar-refractivity contribution in [3.8, 4) is 11.1 Å². The molecule has 3 aromatic heterocycles. The number of H-pyrrole nitrogens is 1. The van der Waals surface area contributed by atoms with Crippen LogP contribution in [-0.2, 0) is 16.0 Å². The minimum absolute atomic E-state index is 0.0685. The van der Waals surface area contributed by atoms with Gasteiger partial charge in [0.05, 0.1) is 0 Å². The van der Waals surface area contributed by atoms with Crippen molar-refractivity contribution in [2.45, 2.75) is 72.4 Å². The Morgan fingerprint density at radius 2 is 1.66 bits per heavy atom. The van der Waals surface area contributed by atoms with Crippen molar-refractivity contribution in [3.63, 3.8) is 0 Å². The van der Waals surface area contributed by atoms with Gasteiger partial charge in [-0.05, 0) is 80.1 Å². The summed E-state index contributed by atoms with van der Waals surface area (Å²) in [5.41, 5.74) is 3.67. The van der Waals surface area contributed by atoms with Gasteiger partial charge in [0.1, 0.15) is 22.9 Å². The number of aromatic nitrogens is 3. The van der Waals surface area contributed by atoms with Gasteiger partial charge in [-0.3, -0.25) is 9.78 Å². The van der Waals surface area contributed by atoms with E-state index in [1.165, 1.54) is 12.1 Å². The summed E-state index contributed by atoms with van der Waals surface area (Å²) in [7, 11) is 0. The lowest BCUT2D eigenvalue weighted by molar-refractivity contribution is -0.116. The molecule has 0 saturated heterocycles. The van der Waals surface area contributed by atoms with Crippen LogP contribution < -0.4 is 10.6 Å². The third kappa shape index (κ3) is 8.61. The number of benzene rings is 1. The average molecular weight is 560 g/mol. The summed E-state index contributed by atoms with van der Waals surface area (Å²) in [6.07, 6.45) is 4.11. The predicted molar refractivity (Wildman–Crippen MR) is 159 cm³/mol. The molecule has 0 radical (unpaired) electrons. The van der Waals surface area contributed by atoms with Gasteiger partial charge in [0.2, 0.25) is 5.91 Å². The number of hydrogen-bond acceptors (Lipinski definition) is 5. The molecule has 0 unspecified atom stereocenters. The minimum atomic E-state index is -0.640. The van der Waals surface area contributed by atoms with E-state index >= 15 is 0 Å². The molecule has 0 fully saturated rings. The highest BCUT2D eigenvalue weighted by molar-refractivity contribution is 5.98. The number of ether oxygens (including phenoxy) is 1. The maximum atomic E-state index is 13.5. The molecule has 2 amide bonds. The summed E-state index contributed by atoms with van der Waals surface area (Å²) in [5, 5.41) is 6.63. The fourth-order valence-corrected chi connectivity index (χ4v) is 4.79. The number of halogens is 1. The lowest BCUT2D eigenvalue weighted by Crippen LogP contribution is -2.42. The second kappa shape index (κ2) is 12.1. The van der Waals surface area contributed by atoms with Crippen molar-refractivity contribution in [1.82, 2.24) is 20.3 Å². The second-order valence-corrected chi connectivity index (χ2v) is 12.5. The number of nitrogens with zero attached hydrogens (tertiary/aromatic N) is 2. The summed E-state index contributed by atoms with van der Waals surface area (Å²) >= 11 is 0. The first-order valence-corrected chi connectivity index (χ1v) is 13.7. The molecule has 0 aliphatic carbocycles. The van der Waals surface area contributed by atoms with Gasteiger partial charge in [-0.15, -0.1) is 0 Å². The van der Waals surface area contributed by atoms with E-state index in [9.17, 15) is 14.0 Å². The maximum absolute atomic E-state index is 13.5. The van der Waals surface area contributed by atoms with Crippen LogP contribution in [-0.4, -0.2) is 38.6 Å². The lowest BCUT2D eigenvalue weighted by atomic mass is 9.87. The van der Waals surface area contributed by atoms with Gasteiger partial charge in [-0.1, -0.05) is 32.9 Å². The highest BCUT2D eigenvalue weighted by Gasteiger charge is 2.26. The molecule has 41 heavy (non-hydrogen) atoms. The van der Waals surface area contributed by atoms with Crippen LogP contribution in [0, 0.1) is 11.2 Å². The SMILES string of the molecule is CC(C)(C)C[C@@H](CC(=O)Nc1ccc2c(-c3ccncc3)c(Cc3ccc(F)cc3)[nH]c2n1)NC(=O)OC(C)(C)C. The number of hydrogen-bond donors (Lipinski definition) is 3. The number of amides is 2. The van der Waals surface area contributed by atoms with Crippen molar-refractivity contribution in [1.29, 1.82) is 0 Å². The predicted octanol–water partition coefficient (Wildman–Crippen LogP) is 7.01. The van der Waals surface area contributed by atoms with E-state index in [1.807, 2.05) is 18.2 Å². The van der Waals surface area contributed by atoms with Crippen molar-refractivity contribution < 1.29 is 18.7 Å². The quantitative estimate of drug-likeness (QED) is 0.215. The largest absolute Gasteiger partial charge is 0.444 e. The van der Waals surface area contributed by atoms with Gasteiger partial charge in [0, 0.05) is 47.9 Å². The lowest BCUT2D eigenvalue weighted by Gasteiger charge is -2.28. The van der Waals surface area contributed by atoms with E-state index in [-0.39, 0.29) is 23.6 Å². The van der Waals surface area contributed by atoms with E-state index < -0.39 is 17.7 Å². The Bertz CT molecular complexity index is 1500. The Morgan fingerprint density at radius 1 is 0.976 bits per heavy atom. The molecule has 0 aliphatic heterocycles. The summed E-state index contributed by atoms with van der Waals surface area (Å²) in [4.78, 5) is 37.8. The number of pyridine rings is 2. The molecule has 9 heteroatoms. The van der Waals surface area contributed by atoms with Crippen LogP contribution in [0.5, 0.6) is 0 Å². The smallest absolute Gasteiger partial charge is 0.407 e. The van der Waals surface area contributed by atoms with Crippen molar-refractivity contribution in [2.24, 2.45) is 5.41 Å². The highest BCUT2D eigenvalue weighted by Crippen LogP contribution is 2.33. The monoisotopic (exact) mass is 559 g/mol. The van der Waals surface area contributed by atoms with Gasteiger partial charge < -0.3 is 20.4 Å². The molecule has 216 valence electrons. The van der Waals surface area contributed by atoms with E-state index in [0.29, 0.717) is 24.3 Å². The molecule has 0 bridgehead atoms. The number of carbonyl (C=O) groups excluding carboxylic acids is 2. The summed E-state index contributed by atoms with van der Waals surface area (Å²) in [6.45, 7) is 11.6. The van der Waals surface area contributed by atoms with Gasteiger partial charge in [0.25, 0.3) is 0 Å². The first-order chi connectivity index (χ1) is 19.3. The molecule has 3 N–H and O–H groups in total. The zero-order chi connectivity index (χ0) is 29.8. The molecule has 4 rings (SSSR count). The molecule has 1 atom stereocenters. The highest BCUT2D eigenvalue weighted by atomic mass is 19.1. The van der Waals surface area contributed by atoms with Crippen molar-refractivity contribution in [2.75, 3.05) is 5.32 Å².